The Balaban J connectivity index is 1.61. The Morgan fingerprint density at radius 1 is 1.19 bits per heavy atom. The van der Waals surface area contributed by atoms with Gasteiger partial charge in [0.25, 0.3) is 0 Å². The van der Waals surface area contributed by atoms with Crippen LogP contribution in [0, 0.1) is 12.8 Å². The summed E-state index contributed by atoms with van der Waals surface area (Å²) < 4.78 is 16.3. The van der Waals surface area contributed by atoms with E-state index in [1.807, 2.05) is 31.2 Å². The third-order valence-corrected chi connectivity index (χ3v) is 3.90. The molecule has 0 atom stereocenters. The van der Waals surface area contributed by atoms with E-state index < -0.39 is 0 Å². The maximum Gasteiger partial charge on any atom is 0.308 e. The molecule has 1 saturated carbocycles. The standard InChI is InChI=1S/C17H24O4/c1-13-4-3-5-16(12-13)21-11-10-20-15-8-6-14(7-9-15)17(18)19-2/h3-5,12,14-15H,6-11H2,1-2H3. The molecule has 1 aliphatic carbocycles. The quantitative estimate of drug-likeness (QED) is 0.597. The van der Waals surface area contributed by atoms with Crippen LogP contribution in [0.25, 0.3) is 0 Å². The summed E-state index contributed by atoms with van der Waals surface area (Å²) in [5.74, 6) is 0.850. The Hall–Kier alpha value is -1.55. The van der Waals surface area contributed by atoms with Gasteiger partial charge in [-0.3, -0.25) is 4.79 Å². The Bertz CT molecular complexity index is 450. The second-order valence-electron chi connectivity index (χ2n) is 5.53. The lowest BCUT2D eigenvalue weighted by Gasteiger charge is -2.26. The zero-order valence-electron chi connectivity index (χ0n) is 12.8. The highest BCUT2D eigenvalue weighted by molar-refractivity contribution is 5.72. The van der Waals surface area contributed by atoms with E-state index in [1.165, 1.54) is 12.7 Å². The van der Waals surface area contributed by atoms with Crippen molar-refractivity contribution in [2.75, 3.05) is 20.3 Å². The predicted octanol–water partition coefficient (Wildman–Crippen LogP) is 3.12. The van der Waals surface area contributed by atoms with Crippen LogP contribution in [0.4, 0.5) is 0 Å². The van der Waals surface area contributed by atoms with E-state index >= 15 is 0 Å². The Labute approximate surface area is 126 Å². The van der Waals surface area contributed by atoms with Gasteiger partial charge in [0.15, 0.2) is 0 Å². The van der Waals surface area contributed by atoms with Crippen LogP contribution in [0.1, 0.15) is 31.2 Å². The molecular formula is C17H24O4. The van der Waals surface area contributed by atoms with Crippen molar-refractivity contribution in [2.24, 2.45) is 5.92 Å². The molecule has 4 heteroatoms. The monoisotopic (exact) mass is 292 g/mol. The minimum absolute atomic E-state index is 0.0541. The summed E-state index contributed by atoms with van der Waals surface area (Å²) in [4.78, 5) is 11.4. The van der Waals surface area contributed by atoms with Crippen LogP contribution in [0.3, 0.4) is 0 Å². The average Bonchev–Trinajstić information content (AvgIpc) is 2.51. The summed E-state index contributed by atoms with van der Waals surface area (Å²) in [6.45, 7) is 3.19. The molecule has 1 aromatic rings. The molecule has 21 heavy (non-hydrogen) atoms. The number of carbonyl (C=O) groups excluding carboxylic acids is 1. The first-order valence-electron chi connectivity index (χ1n) is 7.58. The Morgan fingerprint density at radius 3 is 2.62 bits per heavy atom. The summed E-state index contributed by atoms with van der Waals surface area (Å²) >= 11 is 0. The van der Waals surface area contributed by atoms with Crippen molar-refractivity contribution in [2.45, 2.75) is 38.7 Å². The largest absolute Gasteiger partial charge is 0.491 e. The zero-order chi connectivity index (χ0) is 15.1. The first-order valence-corrected chi connectivity index (χ1v) is 7.58. The lowest BCUT2D eigenvalue weighted by atomic mass is 9.87. The van der Waals surface area contributed by atoms with Gasteiger partial charge in [0.2, 0.25) is 0 Å². The van der Waals surface area contributed by atoms with Gasteiger partial charge in [-0.2, -0.15) is 0 Å². The fraction of sp³-hybridized carbons (Fsp3) is 0.588. The number of ether oxygens (including phenoxy) is 3. The fourth-order valence-corrected chi connectivity index (χ4v) is 2.71. The molecule has 0 bridgehead atoms. The predicted molar refractivity (Wildman–Crippen MR) is 80.4 cm³/mol. The van der Waals surface area contributed by atoms with Crippen molar-refractivity contribution in [1.82, 2.24) is 0 Å². The second kappa shape index (κ2) is 8.03. The molecule has 0 N–H and O–H groups in total. The molecule has 0 aromatic heterocycles. The van der Waals surface area contributed by atoms with Crippen LogP contribution >= 0.6 is 0 Å². The van der Waals surface area contributed by atoms with Gasteiger partial charge < -0.3 is 14.2 Å². The van der Waals surface area contributed by atoms with E-state index in [9.17, 15) is 4.79 Å². The average molecular weight is 292 g/mol. The molecule has 0 saturated heterocycles. The molecule has 0 heterocycles. The highest BCUT2D eigenvalue weighted by Gasteiger charge is 2.27. The van der Waals surface area contributed by atoms with E-state index in [1.54, 1.807) is 0 Å². The number of rotatable bonds is 6. The smallest absolute Gasteiger partial charge is 0.308 e. The lowest BCUT2D eigenvalue weighted by Crippen LogP contribution is -2.28. The van der Waals surface area contributed by atoms with E-state index in [0.717, 1.165) is 31.4 Å². The lowest BCUT2D eigenvalue weighted by molar-refractivity contribution is -0.147. The van der Waals surface area contributed by atoms with Gasteiger partial charge in [0.1, 0.15) is 12.4 Å². The Kier molecular flexibility index (Phi) is 6.05. The van der Waals surface area contributed by atoms with Crippen molar-refractivity contribution in [3.63, 3.8) is 0 Å². The molecule has 2 rings (SSSR count). The maximum atomic E-state index is 11.4. The molecule has 4 nitrogen and oxygen atoms in total. The van der Waals surface area contributed by atoms with Crippen molar-refractivity contribution >= 4 is 5.97 Å². The summed E-state index contributed by atoms with van der Waals surface area (Å²) in [5, 5.41) is 0. The van der Waals surface area contributed by atoms with E-state index in [-0.39, 0.29) is 18.0 Å². The third kappa shape index (κ3) is 5.05. The minimum Gasteiger partial charge on any atom is -0.491 e. The van der Waals surface area contributed by atoms with Crippen LogP contribution in [0.2, 0.25) is 0 Å². The van der Waals surface area contributed by atoms with Gasteiger partial charge in [0.05, 0.1) is 25.7 Å². The number of benzene rings is 1. The van der Waals surface area contributed by atoms with Crippen LogP contribution in [-0.4, -0.2) is 32.4 Å². The van der Waals surface area contributed by atoms with Gasteiger partial charge in [-0.05, 0) is 50.3 Å². The van der Waals surface area contributed by atoms with Gasteiger partial charge in [0, 0.05) is 0 Å². The molecule has 0 amide bonds. The SMILES string of the molecule is COC(=O)C1CCC(OCCOc2cccc(C)c2)CC1. The van der Waals surface area contributed by atoms with Crippen LogP contribution in [0.15, 0.2) is 24.3 Å². The van der Waals surface area contributed by atoms with Crippen LogP contribution in [-0.2, 0) is 14.3 Å². The number of aryl methyl sites for hydroxylation is 1. The number of esters is 1. The molecule has 1 fully saturated rings. The van der Waals surface area contributed by atoms with Crippen molar-refractivity contribution < 1.29 is 19.0 Å². The van der Waals surface area contributed by atoms with E-state index in [0.29, 0.717) is 13.2 Å². The van der Waals surface area contributed by atoms with Crippen LogP contribution in [0.5, 0.6) is 5.75 Å². The van der Waals surface area contributed by atoms with Crippen molar-refractivity contribution in [1.29, 1.82) is 0 Å². The second-order valence-corrected chi connectivity index (χ2v) is 5.53. The van der Waals surface area contributed by atoms with Crippen molar-refractivity contribution in [3.05, 3.63) is 29.8 Å². The van der Waals surface area contributed by atoms with E-state index in [4.69, 9.17) is 14.2 Å². The first-order chi connectivity index (χ1) is 10.2. The first kappa shape index (κ1) is 15.8. The molecule has 1 aliphatic rings. The van der Waals surface area contributed by atoms with Gasteiger partial charge in [-0.1, -0.05) is 12.1 Å². The van der Waals surface area contributed by atoms with E-state index in [2.05, 4.69) is 0 Å². The van der Waals surface area contributed by atoms with Crippen molar-refractivity contribution in [3.8, 4) is 5.75 Å². The molecule has 1 aromatic carbocycles. The highest BCUT2D eigenvalue weighted by Crippen LogP contribution is 2.27. The number of carbonyl (C=O) groups is 1. The topological polar surface area (TPSA) is 44.8 Å². The molecule has 0 radical (unpaired) electrons. The molecule has 0 unspecified atom stereocenters. The minimum atomic E-state index is -0.0868. The van der Waals surface area contributed by atoms with Gasteiger partial charge in [-0.25, -0.2) is 0 Å². The Morgan fingerprint density at radius 2 is 1.95 bits per heavy atom. The molecule has 0 aliphatic heterocycles. The summed E-state index contributed by atoms with van der Waals surface area (Å²) in [6.07, 6.45) is 3.80. The van der Waals surface area contributed by atoms with Gasteiger partial charge in [-0.15, -0.1) is 0 Å². The van der Waals surface area contributed by atoms with Crippen LogP contribution < -0.4 is 4.74 Å². The summed E-state index contributed by atoms with van der Waals surface area (Å²) in [7, 11) is 1.45. The number of methoxy groups -OCH3 is 1. The molecular weight excluding hydrogens is 268 g/mol. The summed E-state index contributed by atoms with van der Waals surface area (Å²) in [5.41, 5.74) is 1.19. The fourth-order valence-electron chi connectivity index (χ4n) is 2.71. The molecule has 116 valence electrons. The number of hydrogen-bond acceptors (Lipinski definition) is 4. The maximum absolute atomic E-state index is 11.4. The number of hydrogen-bond donors (Lipinski definition) is 0. The summed E-state index contributed by atoms with van der Waals surface area (Å²) in [6, 6.07) is 8.00. The van der Waals surface area contributed by atoms with Gasteiger partial charge >= 0.3 is 5.97 Å². The third-order valence-electron chi connectivity index (χ3n) is 3.90. The molecule has 0 spiro atoms. The zero-order valence-corrected chi connectivity index (χ0v) is 12.8. The normalized spacial score (nSPS) is 21.8. The highest BCUT2D eigenvalue weighted by atomic mass is 16.5.